The molecule has 0 bridgehead atoms. The van der Waals surface area contributed by atoms with Crippen molar-refractivity contribution in [3.8, 4) is 6.07 Å². The third-order valence-electron chi connectivity index (χ3n) is 3.24. The van der Waals surface area contributed by atoms with E-state index in [1.54, 1.807) is 0 Å². The van der Waals surface area contributed by atoms with E-state index in [1.807, 2.05) is 0 Å². The van der Waals surface area contributed by atoms with Crippen molar-refractivity contribution in [3.05, 3.63) is 0 Å². The maximum Gasteiger partial charge on any atom is 0.0624 e. The van der Waals surface area contributed by atoms with Gasteiger partial charge in [-0.2, -0.15) is 5.26 Å². The Kier molecular flexibility index (Phi) is 4.24. The minimum atomic E-state index is 0.672. The first-order chi connectivity index (χ1) is 6.27. The molecule has 0 aromatic heterocycles. The zero-order chi connectivity index (χ0) is 9.68. The van der Waals surface area contributed by atoms with E-state index in [2.05, 4.69) is 24.8 Å². The molecule has 1 atom stereocenters. The smallest absolute Gasteiger partial charge is 0.0624 e. The minimum Gasteiger partial charge on any atom is -0.301 e. The Bertz CT molecular complexity index is 175. The summed E-state index contributed by atoms with van der Waals surface area (Å²) in [6.07, 6.45) is 4.44. The summed E-state index contributed by atoms with van der Waals surface area (Å²) in [5.74, 6) is 0.672. The van der Waals surface area contributed by atoms with Crippen molar-refractivity contribution in [2.75, 3.05) is 13.1 Å². The van der Waals surface area contributed by atoms with Gasteiger partial charge in [0.2, 0.25) is 0 Å². The Morgan fingerprint density at radius 1 is 1.46 bits per heavy atom. The molecule has 1 fully saturated rings. The van der Waals surface area contributed by atoms with Crippen LogP contribution in [0.1, 0.15) is 39.5 Å². The van der Waals surface area contributed by atoms with Crippen LogP contribution in [0.5, 0.6) is 0 Å². The van der Waals surface area contributed by atoms with Crippen LogP contribution in [0.4, 0.5) is 0 Å². The summed E-state index contributed by atoms with van der Waals surface area (Å²) in [6, 6.07) is 3.00. The molecule has 1 aliphatic rings. The van der Waals surface area contributed by atoms with Gasteiger partial charge >= 0.3 is 0 Å². The summed E-state index contributed by atoms with van der Waals surface area (Å²) >= 11 is 0. The lowest BCUT2D eigenvalue weighted by molar-refractivity contribution is 0.139. The molecule has 0 aromatic rings. The van der Waals surface area contributed by atoms with Crippen molar-refractivity contribution >= 4 is 0 Å². The number of piperidine rings is 1. The Hall–Kier alpha value is -0.550. The lowest BCUT2D eigenvalue weighted by Crippen LogP contribution is -2.39. The Balaban J connectivity index is 2.27. The van der Waals surface area contributed by atoms with Crippen molar-refractivity contribution in [3.63, 3.8) is 0 Å². The van der Waals surface area contributed by atoms with Gasteiger partial charge in [-0.05, 0) is 45.2 Å². The average molecular weight is 180 g/mol. The lowest BCUT2D eigenvalue weighted by Gasteiger charge is -2.35. The first kappa shape index (κ1) is 10.5. The van der Waals surface area contributed by atoms with Crippen molar-refractivity contribution in [1.29, 1.82) is 5.26 Å². The standard InChI is InChI=1S/C11H20N2/c1-3-10(2)13-8-5-11(4-7-12)6-9-13/h10-11H,3-6,8-9H2,1-2H3. The van der Waals surface area contributed by atoms with E-state index < -0.39 is 0 Å². The number of rotatable bonds is 3. The molecule has 1 unspecified atom stereocenters. The molecule has 1 aliphatic heterocycles. The summed E-state index contributed by atoms with van der Waals surface area (Å²) < 4.78 is 0. The van der Waals surface area contributed by atoms with Crippen LogP contribution in [0.2, 0.25) is 0 Å². The van der Waals surface area contributed by atoms with Gasteiger partial charge in [-0.3, -0.25) is 0 Å². The van der Waals surface area contributed by atoms with Crippen molar-refractivity contribution in [2.24, 2.45) is 5.92 Å². The highest BCUT2D eigenvalue weighted by Crippen LogP contribution is 2.21. The molecular formula is C11H20N2. The zero-order valence-electron chi connectivity index (χ0n) is 8.79. The number of nitrogens with zero attached hydrogens (tertiary/aromatic N) is 2. The molecule has 1 rings (SSSR count). The highest BCUT2D eigenvalue weighted by Gasteiger charge is 2.21. The quantitative estimate of drug-likeness (QED) is 0.667. The predicted molar refractivity (Wildman–Crippen MR) is 54.3 cm³/mol. The first-order valence-corrected chi connectivity index (χ1v) is 5.39. The van der Waals surface area contributed by atoms with Crippen LogP contribution in [0.3, 0.4) is 0 Å². The van der Waals surface area contributed by atoms with Crippen molar-refractivity contribution < 1.29 is 0 Å². The molecular weight excluding hydrogens is 160 g/mol. The third kappa shape index (κ3) is 3.00. The van der Waals surface area contributed by atoms with E-state index in [0.29, 0.717) is 5.92 Å². The van der Waals surface area contributed by atoms with E-state index in [1.165, 1.54) is 32.4 Å². The molecule has 2 heteroatoms. The molecule has 13 heavy (non-hydrogen) atoms. The van der Waals surface area contributed by atoms with Crippen LogP contribution < -0.4 is 0 Å². The molecule has 0 radical (unpaired) electrons. The van der Waals surface area contributed by atoms with Crippen LogP contribution in [0, 0.1) is 17.2 Å². The normalized spacial score (nSPS) is 22.5. The zero-order valence-corrected chi connectivity index (χ0v) is 8.79. The molecule has 0 aliphatic carbocycles. The number of likely N-dealkylation sites (tertiary alicyclic amines) is 1. The van der Waals surface area contributed by atoms with Crippen molar-refractivity contribution in [1.82, 2.24) is 4.90 Å². The maximum absolute atomic E-state index is 8.58. The third-order valence-corrected chi connectivity index (χ3v) is 3.24. The molecule has 0 amide bonds. The summed E-state index contributed by atoms with van der Waals surface area (Å²) in [7, 11) is 0. The Morgan fingerprint density at radius 2 is 2.08 bits per heavy atom. The summed E-state index contributed by atoms with van der Waals surface area (Å²) in [6.45, 7) is 6.93. The minimum absolute atomic E-state index is 0.672. The van der Waals surface area contributed by atoms with E-state index in [-0.39, 0.29) is 0 Å². The number of nitriles is 1. The topological polar surface area (TPSA) is 27.0 Å². The number of hydrogen-bond donors (Lipinski definition) is 0. The van der Waals surface area contributed by atoms with Crippen LogP contribution in [0.25, 0.3) is 0 Å². The van der Waals surface area contributed by atoms with Gasteiger partial charge in [0.25, 0.3) is 0 Å². The van der Waals surface area contributed by atoms with Gasteiger partial charge < -0.3 is 4.90 Å². The molecule has 1 heterocycles. The van der Waals surface area contributed by atoms with Gasteiger partial charge in [0, 0.05) is 12.5 Å². The SMILES string of the molecule is CCC(C)N1CCC(CC#N)CC1. The maximum atomic E-state index is 8.58. The first-order valence-electron chi connectivity index (χ1n) is 5.39. The van der Waals surface area contributed by atoms with E-state index in [0.717, 1.165) is 12.5 Å². The van der Waals surface area contributed by atoms with Gasteiger partial charge in [0.15, 0.2) is 0 Å². The van der Waals surface area contributed by atoms with Gasteiger partial charge in [0.05, 0.1) is 6.07 Å². The highest BCUT2D eigenvalue weighted by molar-refractivity contribution is 4.82. The molecule has 0 N–H and O–H groups in total. The monoisotopic (exact) mass is 180 g/mol. The fourth-order valence-corrected chi connectivity index (χ4v) is 1.99. The summed E-state index contributed by atoms with van der Waals surface area (Å²) in [5.41, 5.74) is 0. The molecule has 0 aromatic carbocycles. The van der Waals surface area contributed by atoms with Crippen LogP contribution in [-0.4, -0.2) is 24.0 Å². The van der Waals surface area contributed by atoms with Gasteiger partial charge in [0.1, 0.15) is 0 Å². The van der Waals surface area contributed by atoms with Gasteiger partial charge in [-0.15, -0.1) is 0 Å². The second-order valence-electron chi connectivity index (χ2n) is 4.10. The fraction of sp³-hybridized carbons (Fsp3) is 0.909. The van der Waals surface area contributed by atoms with Crippen LogP contribution in [0.15, 0.2) is 0 Å². The second-order valence-corrected chi connectivity index (χ2v) is 4.10. The summed E-state index contributed by atoms with van der Waals surface area (Å²) in [5, 5.41) is 8.58. The molecule has 0 saturated carbocycles. The van der Waals surface area contributed by atoms with Crippen molar-refractivity contribution in [2.45, 2.75) is 45.6 Å². The summed E-state index contributed by atoms with van der Waals surface area (Å²) in [4.78, 5) is 2.55. The number of hydrogen-bond acceptors (Lipinski definition) is 2. The van der Waals surface area contributed by atoms with Crippen LogP contribution >= 0.6 is 0 Å². The van der Waals surface area contributed by atoms with E-state index in [9.17, 15) is 0 Å². The molecule has 1 saturated heterocycles. The molecule has 2 nitrogen and oxygen atoms in total. The Morgan fingerprint density at radius 3 is 2.54 bits per heavy atom. The van der Waals surface area contributed by atoms with E-state index >= 15 is 0 Å². The average Bonchev–Trinajstić information content (AvgIpc) is 2.18. The highest BCUT2D eigenvalue weighted by atomic mass is 15.2. The molecule has 74 valence electrons. The largest absolute Gasteiger partial charge is 0.301 e. The van der Waals surface area contributed by atoms with Gasteiger partial charge in [-0.1, -0.05) is 6.92 Å². The Labute approximate surface area is 81.5 Å². The second kappa shape index (κ2) is 5.24. The fourth-order valence-electron chi connectivity index (χ4n) is 1.99. The van der Waals surface area contributed by atoms with E-state index in [4.69, 9.17) is 5.26 Å². The van der Waals surface area contributed by atoms with Gasteiger partial charge in [-0.25, -0.2) is 0 Å². The lowest BCUT2D eigenvalue weighted by atomic mass is 9.93. The van der Waals surface area contributed by atoms with Crippen LogP contribution in [-0.2, 0) is 0 Å². The predicted octanol–water partition coefficient (Wildman–Crippen LogP) is 2.41. The molecule has 0 spiro atoms.